The third-order valence-corrected chi connectivity index (χ3v) is 5.55. The molecule has 2 rings (SSSR count). The van der Waals surface area contributed by atoms with E-state index in [2.05, 4.69) is 37.7 Å². The van der Waals surface area contributed by atoms with Gasteiger partial charge in [-0.15, -0.1) is 11.3 Å². The highest BCUT2D eigenvalue weighted by Gasteiger charge is 2.68. The van der Waals surface area contributed by atoms with Crippen molar-refractivity contribution in [2.24, 2.45) is 21.7 Å². The Hall–Kier alpha value is -0.900. The van der Waals surface area contributed by atoms with E-state index in [9.17, 15) is 4.79 Å². The molecule has 1 heterocycles. The van der Waals surface area contributed by atoms with Gasteiger partial charge in [-0.3, -0.25) is 4.79 Å². The Bertz CT molecular complexity index is 497. The number of aromatic amines is 1. The van der Waals surface area contributed by atoms with Crippen molar-refractivity contribution in [1.29, 1.82) is 0 Å². The summed E-state index contributed by atoms with van der Waals surface area (Å²) in [5.41, 5.74) is 1.22. The molecule has 1 amide bonds. The maximum atomic E-state index is 12.1. The molecular formula is C13H20N2OS. The summed E-state index contributed by atoms with van der Waals surface area (Å²) < 4.78 is 0. The van der Waals surface area contributed by atoms with Gasteiger partial charge in [0.2, 0.25) is 0 Å². The molecule has 1 saturated carbocycles. The molecule has 1 aliphatic rings. The largest absolute Gasteiger partial charge is 0.334 e. The van der Waals surface area contributed by atoms with Crippen LogP contribution in [0.4, 0.5) is 0 Å². The van der Waals surface area contributed by atoms with Crippen LogP contribution >= 0.6 is 11.3 Å². The highest BCUT2D eigenvalue weighted by molar-refractivity contribution is 7.09. The van der Waals surface area contributed by atoms with E-state index in [1.54, 1.807) is 11.3 Å². The average molecular weight is 252 g/mol. The number of amides is 1. The molecule has 4 heteroatoms. The molecule has 0 unspecified atom stereocenters. The Balaban J connectivity index is 2.28. The number of carbonyl (C=O) groups excluding carboxylic acids is 1. The van der Waals surface area contributed by atoms with Gasteiger partial charge >= 0.3 is 0 Å². The zero-order valence-electron chi connectivity index (χ0n) is 11.3. The standard InChI is InChI=1S/C13H20N2OS/c1-7-8(2)17-11(14-7)15-10(16)9-12(3,4)13(9,5)6/h9H,1-6H3,(H,14,15,16). The minimum Gasteiger partial charge on any atom is -0.334 e. The summed E-state index contributed by atoms with van der Waals surface area (Å²) in [5, 5.41) is 0. The molecule has 0 bridgehead atoms. The van der Waals surface area contributed by atoms with E-state index in [1.165, 1.54) is 4.88 Å². The number of rotatable bonds is 1. The van der Waals surface area contributed by atoms with Crippen LogP contribution in [0.3, 0.4) is 0 Å². The lowest BCUT2D eigenvalue weighted by atomic mass is 10.0. The van der Waals surface area contributed by atoms with Gasteiger partial charge in [0, 0.05) is 10.6 Å². The summed E-state index contributed by atoms with van der Waals surface area (Å²) >= 11 is 1.55. The average Bonchev–Trinajstić information content (AvgIpc) is 2.41. The molecule has 3 nitrogen and oxygen atoms in total. The zero-order valence-corrected chi connectivity index (χ0v) is 12.2. The van der Waals surface area contributed by atoms with Crippen LogP contribution in [0.25, 0.3) is 0 Å². The highest BCUT2D eigenvalue weighted by atomic mass is 32.1. The van der Waals surface area contributed by atoms with Crippen LogP contribution in [0.2, 0.25) is 0 Å². The van der Waals surface area contributed by atoms with Crippen molar-refractivity contribution in [2.45, 2.75) is 41.5 Å². The van der Waals surface area contributed by atoms with Gasteiger partial charge in [0.05, 0.1) is 5.92 Å². The number of thiazole rings is 1. The van der Waals surface area contributed by atoms with Gasteiger partial charge in [0.15, 0.2) is 4.80 Å². The van der Waals surface area contributed by atoms with Crippen molar-refractivity contribution in [3.05, 3.63) is 15.4 Å². The molecule has 1 N–H and O–H groups in total. The smallest absolute Gasteiger partial charge is 0.252 e. The van der Waals surface area contributed by atoms with Crippen molar-refractivity contribution < 1.29 is 4.79 Å². The summed E-state index contributed by atoms with van der Waals surface area (Å²) in [4.78, 5) is 21.4. The number of nitrogens with zero attached hydrogens (tertiary/aromatic N) is 1. The second-order valence-corrected chi connectivity index (χ2v) is 7.24. The molecule has 0 aromatic carbocycles. The lowest BCUT2D eigenvalue weighted by molar-refractivity contribution is -0.120. The van der Waals surface area contributed by atoms with Gasteiger partial charge in [-0.05, 0) is 24.7 Å². The molecule has 17 heavy (non-hydrogen) atoms. The van der Waals surface area contributed by atoms with Crippen LogP contribution in [0.5, 0.6) is 0 Å². The number of hydrogen-bond acceptors (Lipinski definition) is 2. The minimum atomic E-state index is 0.0116. The third-order valence-electron chi connectivity index (χ3n) is 4.55. The fourth-order valence-corrected chi connectivity index (χ4v) is 3.36. The number of hydrogen-bond donors (Lipinski definition) is 1. The minimum absolute atomic E-state index is 0.0116. The molecule has 1 aromatic rings. The normalized spacial score (nSPS) is 22.8. The van der Waals surface area contributed by atoms with E-state index in [0.717, 1.165) is 10.5 Å². The van der Waals surface area contributed by atoms with E-state index < -0.39 is 0 Å². The maximum absolute atomic E-state index is 12.1. The van der Waals surface area contributed by atoms with E-state index in [1.807, 2.05) is 13.8 Å². The molecule has 0 aliphatic heterocycles. The van der Waals surface area contributed by atoms with Gasteiger partial charge in [0.25, 0.3) is 5.91 Å². The van der Waals surface area contributed by atoms with Crippen LogP contribution < -0.4 is 4.80 Å². The fraction of sp³-hybridized carbons (Fsp3) is 0.692. The molecule has 0 radical (unpaired) electrons. The third kappa shape index (κ3) is 1.79. The van der Waals surface area contributed by atoms with E-state index in [4.69, 9.17) is 0 Å². The topological polar surface area (TPSA) is 45.2 Å². The Morgan fingerprint density at radius 2 is 1.76 bits per heavy atom. The second kappa shape index (κ2) is 3.55. The molecule has 1 aromatic heterocycles. The van der Waals surface area contributed by atoms with E-state index in [0.29, 0.717) is 0 Å². The van der Waals surface area contributed by atoms with Crippen molar-refractivity contribution in [3.8, 4) is 0 Å². The Labute approximate surface area is 106 Å². The van der Waals surface area contributed by atoms with Crippen LogP contribution in [0.15, 0.2) is 4.99 Å². The Morgan fingerprint density at radius 3 is 2.12 bits per heavy atom. The highest BCUT2D eigenvalue weighted by Crippen LogP contribution is 2.68. The number of carbonyl (C=O) groups is 1. The van der Waals surface area contributed by atoms with E-state index in [-0.39, 0.29) is 22.7 Å². The molecular weight excluding hydrogens is 232 g/mol. The van der Waals surface area contributed by atoms with Crippen LogP contribution in [0.1, 0.15) is 38.3 Å². The summed E-state index contributed by atoms with van der Waals surface area (Å²) in [5.74, 6) is 0.0589. The predicted molar refractivity (Wildman–Crippen MR) is 69.8 cm³/mol. The number of aryl methyl sites for hydroxylation is 2. The van der Waals surface area contributed by atoms with Crippen molar-refractivity contribution >= 4 is 17.2 Å². The quantitative estimate of drug-likeness (QED) is 0.820. The molecule has 0 saturated heterocycles. The summed E-state index contributed by atoms with van der Waals surface area (Å²) in [6, 6.07) is 0. The summed E-state index contributed by atoms with van der Waals surface area (Å²) in [6.45, 7) is 12.6. The number of nitrogens with one attached hydrogen (secondary N) is 1. The second-order valence-electron chi connectivity index (χ2n) is 6.04. The molecule has 1 fully saturated rings. The summed E-state index contributed by atoms with van der Waals surface area (Å²) in [7, 11) is 0. The fourth-order valence-electron chi connectivity index (χ4n) is 2.52. The van der Waals surface area contributed by atoms with Crippen LogP contribution in [0, 0.1) is 30.6 Å². The van der Waals surface area contributed by atoms with Crippen molar-refractivity contribution in [1.82, 2.24) is 4.98 Å². The first-order valence-electron chi connectivity index (χ1n) is 5.93. The predicted octanol–water partition coefficient (Wildman–Crippen LogP) is 2.80. The van der Waals surface area contributed by atoms with Gasteiger partial charge in [-0.1, -0.05) is 27.7 Å². The molecule has 1 aliphatic carbocycles. The number of H-pyrrole nitrogens is 1. The zero-order chi connectivity index (χ0) is 13.0. The maximum Gasteiger partial charge on any atom is 0.252 e. The van der Waals surface area contributed by atoms with Crippen LogP contribution in [-0.2, 0) is 4.79 Å². The van der Waals surface area contributed by atoms with Crippen molar-refractivity contribution in [3.63, 3.8) is 0 Å². The molecule has 0 spiro atoms. The lowest BCUT2D eigenvalue weighted by Crippen LogP contribution is -2.10. The van der Waals surface area contributed by atoms with Crippen LogP contribution in [-0.4, -0.2) is 10.9 Å². The van der Waals surface area contributed by atoms with E-state index >= 15 is 0 Å². The van der Waals surface area contributed by atoms with Gasteiger partial charge < -0.3 is 4.98 Å². The Kier molecular flexibility index (Phi) is 2.62. The summed E-state index contributed by atoms with van der Waals surface area (Å²) in [6.07, 6.45) is 0. The lowest BCUT2D eigenvalue weighted by Gasteiger charge is -2.03. The monoisotopic (exact) mass is 252 g/mol. The first-order chi connectivity index (χ1) is 7.68. The first kappa shape index (κ1) is 12.6. The van der Waals surface area contributed by atoms with Gasteiger partial charge in [-0.2, -0.15) is 4.99 Å². The Morgan fingerprint density at radius 1 is 1.24 bits per heavy atom. The SMILES string of the molecule is Cc1[nH]c(=NC(=O)C2C(C)(C)C2(C)C)sc1C. The van der Waals surface area contributed by atoms with Crippen molar-refractivity contribution in [2.75, 3.05) is 0 Å². The van der Waals surface area contributed by atoms with Gasteiger partial charge in [-0.25, -0.2) is 0 Å². The number of aromatic nitrogens is 1. The van der Waals surface area contributed by atoms with Gasteiger partial charge in [0.1, 0.15) is 0 Å². The first-order valence-corrected chi connectivity index (χ1v) is 6.74. The molecule has 0 atom stereocenters. The molecule has 94 valence electrons.